The summed E-state index contributed by atoms with van der Waals surface area (Å²) in [5.41, 5.74) is 5.70. The van der Waals surface area contributed by atoms with E-state index in [4.69, 9.17) is 0 Å². The van der Waals surface area contributed by atoms with Gasteiger partial charge in [-0.2, -0.15) is 11.8 Å². The Labute approximate surface area is 128 Å². The predicted octanol–water partition coefficient (Wildman–Crippen LogP) is 4.94. The van der Waals surface area contributed by atoms with Crippen molar-refractivity contribution in [2.45, 2.75) is 70.7 Å². The van der Waals surface area contributed by atoms with Gasteiger partial charge in [0.05, 0.1) is 0 Å². The van der Waals surface area contributed by atoms with Gasteiger partial charge in [-0.15, -0.1) is 0 Å². The summed E-state index contributed by atoms with van der Waals surface area (Å²) >= 11 is 2.04. The lowest BCUT2D eigenvalue weighted by atomic mass is 9.92. The summed E-state index contributed by atoms with van der Waals surface area (Å²) in [5.74, 6) is 0. The van der Waals surface area contributed by atoms with Crippen molar-refractivity contribution in [3.05, 3.63) is 34.4 Å². The number of nitrogens with one attached hydrogen (secondary N) is 1. The van der Waals surface area contributed by atoms with E-state index in [1.54, 1.807) is 0 Å². The highest BCUT2D eigenvalue weighted by atomic mass is 32.2. The third-order valence-corrected chi connectivity index (χ3v) is 5.98. The SMILES string of the molecule is CSC1CCC(NC(C)c2cc(C)c(C)cc2C)CC1. The van der Waals surface area contributed by atoms with Crippen LogP contribution in [0.15, 0.2) is 12.1 Å². The molecule has 20 heavy (non-hydrogen) atoms. The minimum Gasteiger partial charge on any atom is -0.307 e. The molecule has 0 amide bonds. The standard InChI is InChI=1S/C18H29NS/c1-12-10-14(3)18(11-13(12)2)15(4)19-16-6-8-17(20-5)9-7-16/h10-11,15-17,19H,6-9H2,1-5H3. The first kappa shape index (κ1) is 15.9. The topological polar surface area (TPSA) is 12.0 Å². The Kier molecular flexibility index (Phi) is 5.57. The molecule has 0 aliphatic heterocycles. The molecule has 1 nitrogen and oxygen atoms in total. The molecule has 0 bridgehead atoms. The molecule has 0 radical (unpaired) electrons. The first-order valence-electron chi connectivity index (χ1n) is 7.88. The Balaban J connectivity index is 1.98. The summed E-state index contributed by atoms with van der Waals surface area (Å²) in [4.78, 5) is 0. The van der Waals surface area contributed by atoms with E-state index in [0.717, 1.165) is 5.25 Å². The lowest BCUT2D eigenvalue weighted by Crippen LogP contribution is -2.35. The molecule has 1 unspecified atom stereocenters. The predicted molar refractivity (Wildman–Crippen MR) is 91.8 cm³/mol. The van der Waals surface area contributed by atoms with Gasteiger partial charge in [0.25, 0.3) is 0 Å². The van der Waals surface area contributed by atoms with Crippen LogP contribution in [-0.2, 0) is 0 Å². The Bertz CT molecular complexity index is 447. The molecule has 1 aromatic carbocycles. The summed E-state index contributed by atoms with van der Waals surface area (Å²) in [5, 5.41) is 4.75. The van der Waals surface area contributed by atoms with Gasteiger partial charge in [0.2, 0.25) is 0 Å². The van der Waals surface area contributed by atoms with Crippen LogP contribution in [0.2, 0.25) is 0 Å². The highest BCUT2D eigenvalue weighted by Gasteiger charge is 2.22. The average Bonchev–Trinajstić information content (AvgIpc) is 2.43. The van der Waals surface area contributed by atoms with Crippen LogP contribution in [0, 0.1) is 20.8 Å². The maximum absolute atomic E-state index is 3.86. The summed E-state index contributed by atoms with van der Waals surface area (Å²) in [6.45, 7) is 8.98. The Morgan fingerprint density at radius 2 is 1.60 bits per heavy atom. The summed E-state index contributed by atoms with van der Waals surface area (Å²) in [6, 6.07) is 5.86. The summed E-state index contributed by atoms with van der Waals surface area (Å²) < 4.78 is 0. The van der Waals surface area contributed by atoms with Gasteiger partial charge < -0.3 is 5.32 Å². The molecule has 2 heteroatoms. The molecule has 1 aromatic rings. The second kappa shape index (κ2) is 7.00. The number of hydrogen-bond donors (Lipinski definition) is 1. The fourth-order valence-electron chi connectivity index (χ4n) is 3.36. The molecule has 0 aromatic heterocycles. The Morgan fingerprint density at radius 3 is 2.20 bits per heavy atom. The van der Waals surface area contributed by atoms with Crippen LogP contribution in [0.5, 0.6) is 0 Å². The third-order valence-electron chi connectivity index (χ3n) is 4.84. The van der Waals surface area contributed by atoms with Crippen LogP contribution in [0.4, 0.5) is 0 Å². The van der Waals surface area contributed by atoms with Crippen molar-refractivity contribution in [2.24, 2.45) is 0 Å². The van der Waals surface area contributed by atoms with Crippen molar-refractivity contribution in [1.29, 1.82) is 0 Å². The second-order valence-electron chi connectivity index (χ2n) is 6.39. The van der Waals surface area contributed by atoms with Gasteiger partial charge in [-0.3, -0.25) is 0 Å². The van der Waals surface area contributed by atoms with Gasteiger partial charge in [0, 0.05) is 17.3 Å². The molecule has 1 N–H and O–H groups in total. The quantitative estimate of drug-likeness (QED) is 0.843. The van der Waals surface area contributed by atoms with Crippen LogP contribution < -0.4 is 5.32 Å². The lowest BCUT2D eigenvalue weighted by Gasteiger charge is -2.31. The van der Waals surface area contributed by atoms with Crippen LogP contribution in [0.1, 0.15) is 60.9 Å². The number of hydrogen-bond acceptors (Lipinski definition) is 2. The molecular weight excluding hydrogens is 262 g/mol. The molecule has 0 spiro atoms. The van der Waals surface area contributed by atoms with Crippen molar-refractivity contribution < 1.29 is 0 Å². The molecule has 1 saturated carbocycles. The van der Waals surface area contributed by atoms with Crippen molar-refractivity contribution in [2.75, 3.05) is 6.26 Å². The summed E-state index contributed by atoms with van der Waals surface area (Å²) in [6.07, 6.45) is 7.66. The fraction of sp³-hybridized carbons (Fsp3) is 0.667. The van der Waals surface area contributed by atoms with E-state index in [0.29, 0.717) is 12.1 Å². The number of benzene rings is 1. The van der Waals surface area contributed by atoms with Crippen LogP contribution in [0.25, 0.3) is 0 Å². The average molecular weight is 292 g/mol. The zero-order chi connectivity index (χ0) is 14.7. The van der Waals surface area contributed by atoms with Crippen LogP contribution >= 0.6 is 11.8 Å². The number of thioether (sulfide) groups is 1. The van der Waals surface area contributed by atoms with Crippen LogP contribution in [0.3, 0.4) is 0 Å². The molecule has 112 valence electrons. The van der Waals surface area contributed by atoms with E-state index in [9.17, 15) is 0 Å². The maximum atomic E-state index is 3.86. The second-order valence-corrected chi connectivity index (χ2v) is 7.53. The van der Waals surface area contributed by atoms with Crippen LogP contribution in [-0.4, -0.2) is 17.5 Å². The van der Waals surface area contributed by atoms with E-state index in [-0.39, 0.29) is 0 Å². The molecular formula is C18H29NS. The first-order chi connectivity index (χ1) is 9.51. The third kappa shape index (κ3) is 3.79. The van der Waals surface area contributed by atoms with Crippen molar-refractivity contribution in [1.82, 2.24) is 5.32 Å². The molecule has 1 aliphatic rings. The normalized spacial score (nSPS) is 24.6. The van der Waals surface area contributed by atoms with Crippen molar-refractivity contribution >= 4 is 11.8 Å². The van der Waals surface area contributed by atoms with E-state index in [2.05, 4.69) is 51.4 Å². The molecule has 2 rings (SSSR count). The van der Waals surface area contributed by atoms with E-state index in [1.165, 1.54) is 47.9 Å². The minimum absolute atomic E-state index is 0.463. The zero-order valence-electron chi connectivity index (χ0n) is 13.6. The van der Waals surface area contributed by atoms with Gasteiger partial charge in [0.1, 0.15) is 0 Å². The van der Waals surface area contributed by atoms with Gasteiger partial charge in [0.15, 0.2) is 0 Å². The molecule has 1 atom stereocenters. The minimum atomic E-state index is 0.463. The fourth-order valence-corrected chi connectivity index (χ4v) is 4.10. The Hall–Kier alpha value is -0.470. The van der Waals surface area contributed by atoms with Crippen molar-refractivity contribution in [3.8, 4) is 0 Å². The number of aryl methyl sites for hydroxylation is 3. The molecule has 0 saturated heterocycles. The smallest absolute Gasteiger partial charge is 0.0297 e. The summed E-state index contributed by atoms with van der Waals surface area (Å²) in [7, 11) is 0. The first-order valence-corrected chi connectivity index (χ1v) is 9.16. The van der Waals surface area contributed by atoms with E-state index < -0.39 is 0 Å². The van der Waals surface area contributed by atoms with Crippen molar-refractivity contribution in [3.63, 3.8) is 0 Å². The monoisotopic (exact) mass is 291 g/mol. The molecule has 0 heterocycles. The van der Waals surface area contributed by atoms with E-state index in [1.807, 2.05) is 11.8 Å². The largest absolute Gasteiger partial charge is 0.307 e. The van der Waals surface area contributed by atoms with Gasteiger partial charge >= 0.3 is 0 Å². The van der Waals surface area contributed by atoms with Gasteiger partial charge in [-0.1, -0.05) is 12.1 Å². The zero-order valence-corrected chi connectivity index (χ0v) is 14.4. The Morgan fingerprint density at radius 1 is 1.00 bits per heavy atom. The maximum Gasteiger partial charge on any atom is 0.0297 e. The van der Waals surface area contributed by atoms with Gasteiger partial charge in [-0.25, -0.2) is 0 Å². The number of rotatable bonds is 4. The molecule has 1 fully saturated rings. The lowest BCUT2D eigenvalue weighted by molar-refractivity contribution is 0.352. The van der Waals surface area contributed by atoms with E-state index >= 15 is 0 Å². The van der Waals surface area contributed by atoms with Gasteiger partial charge in [-0.05, 0) is 81.9 Å². The highest BCUT2D eigenvalue weighted by molar-refractivity contribution is 7.99. The highest BCUT2D eigenvalue weighted by Crippen LogP contribution is 2.29. The molecule has 1 aliphatic carbocycles.